The third-order valence-corrected chi connectivity index (χ3v) is 4.65. The first-order valence-electron chi connectivity index (χ1n) is 8.41. The van der Waals surface area contributed by atoms with Crippen molar-refractivity contribution < 1.29 is 13.2 Å². The highest BCUT2D eigenvalue weighted by molar-refractivity contribution is 5.54. The number of piperazine rings is 1. The molecule has 3 aromatic rings. The summed E-state index contributed by atoms with van der Waals surface area (Å²) in [6, 6.07) is 9.54. The molecule has 140 valence electrons. The number of hydrogen-bond donors (Lipinski definition) is 1. The van der Waals surface area contributed by atoms with Gasteiger partial charge in [-0.1, -0.05) is 0 Å². The molecular formula is C18H16F3N5O. The molecule has 1 aromatic heterocycles. The Morgan fingerprint density at radius 2 is 1.44 bits per heavy atom. The minimum atomic E-state index is -1.45. The van der Waals surface area contributed by atoms with Crippen LogP contribution in [0.2, 0.25) is 0 Å². The minimum absolute atomic E-state index is 0.0711. The number of nitrogens with one attached hydrogen (secondary N) is 1. The molecule has 0 radical (unpaired) electrons. The summed E-state index contributed by atoms with van der Waals surface area (Å²) in [6.45, 7) is 2.14. The molecule has 0 bridgehead atoms. The number of halogens is 3. The normalized spacial score (nSPS) is 14.6. The summed E-state index contributed by atoms with van der Waals surface area (Å²) in [5.41, 5.74) is 1.35. The lowest BCUT2D eigenvalue weighted by Crippen LogP contribution is -2.46. The fraction of sp³-hybridized carbons (Fsp3) is 0.222. The standard InChI is InChI=1S/C18H16F3N5O/c19-14-5-6-15(17(21)16(14)20)25-9-7-24(8-10-25)12-1-3-13(4-2-12)26-18(27)22-11-23-26/h1-6,11H,7-10H2,(H,22,23,27). The smallest absolute Gasteiger partial charge is 0.347 e. The molecule has 0 atom stereocenters. The summed E-state index contributed by atoms with van der Waals surface area (Å²) in [7, 11) is 0. The summed E-state index contributed by atoms with van der Waals surface area (Å²) >= 11 is 0. The summed E-state index contributed by atoms with van der Waals surface area (Å²) < 4.78 is 41.8. The lowest BCUT2D eigenvalue weighted by Gasteiger charge is -2.37. The maximum absolute atomic E-state index is 14.0. The van der Waals surface area contributed by atoms with Gasteiger partial charge in [0.1, 0.15) is 6.33 Å². The Bertz CT molecular complexity index is 1010. The second-order valence-electron chi connectivity index (χ2n) is 6.19. The second kappa shape index (κ2) is 6.82. The summed E-state index contributed by atoms with van der Waals surface area (Å²) in [5.74, 6) is -3.79. The van der Waals surface area contributed by atoms with E-state index in [0.717, 1.165) is 11.8 Å². The molecule has 1 fully saturated rings. The molecule has 0 unspecified atom stereocenters. The first kappa shape index (κ1) is 17.2. The SMILES string of the molecule is O=c1[nH]cnn1-c1ccc(N2CCN(c3ccc(F)c(F)c3F)CC2)cc1. The summed E-state index contributed by atoms with van der Waals surface area (Å²) in [6.07, 6.45) is 1.33. The Hall–Kier alpha value is -3.23. The second-order valence-corrected chi connectivity index (χ2v) is 6.19. The van der Waals surface area contributed by atoms with Crippen LogP contribution >= 0.6 is 0 Å². The Morgan fingerprint density at radius 1 is 0.815 bits per heavy atom. The highest BCUT2D eigenvalue weighted by atomic mass is 19.2. The Balaban J connectivity index is 1.46. The maximum atomic E-state index is 14.0. The van der Waals surface area contributed by atoms with E-state index in [2.05, 4.69) is 15.0 Å². The van der Waals surface area contributed by atoms with E-state index in [1.807, 2.05) is 12.1 Å². The van der Waals surface area contributed by atoms with E-state index >= 15 is 0 Å². The van der Waals surface area contributed by atoms with Crippen molar-refractivity contribution in [3.8, 4) is 5.69 Å². The van der Waals surface area contributed by atoms with Gasteiger partial charge in [0.05, 0.1) is 11.4 Å². The molecule has 0 spiro atoms. The predicted octanol–water partition coefficient (Wildman–Crippen LogP) is 2.30. The molecule has 2 aromatic carbocycles. The van der Waals surface area contributed by atoms with Crippen LogP contribution in [0.25, 0.3) is 5.69 Å². The van der Waals surface area contributed by atoms with Crippen molar-refractivity contribution in [2.45, 2.75) is 0 Å². The van der Waals surface area contributed by atoms with Crippen molar-refractivity contribution >= 4 is 11.4 Å². The lowest BCUT2D eigenvalue weighted by molar-refractivity contribution is 0.445. The van der Waals surface area contributed by atoms with Crippen molar-refractivity contribution in [1.29, 1.82) is 0 Å². The molecule has 1 aliphatic heterocycles. The molecule has 4 rings (SSSR count). The molecule has 0 saturated carbocycles. The number of aromatic nitrogens is 3. The maximum Gasteiger partial charge on any atom is 0.347 e. The van der Waals surface area contributed by atoms with E-state index < -0.39 is 17.5 Å². The molecular weight excluding hydrogens is 359 g/mol. The number of H-pyrrole nitrogens is 1. The van der Waals surface area contributed by atoms with E-state index in [1.165, 1.54) is 17.1 Å². The zero-order valence-corrected chi connectivity index (χ0v) is 14.2. The van der Waals surface area contributed by atoms with Gasteiger partial charge in [-0.25, -0.2) is 18.0 Å². The lowest BCUT2D eigenvalue weighted by atomic mass is 10.2. The van der Waals surface area contributed by atoms with Gasteiger partial charge < -0.3 is 9.80 Å². The fourth-order valence-electron chi connectivity index (χ4n) is 3.21. The average molecular weight is 375 g/mol. The van der Waals surface area contributed by atoms with Crippen molar-refractivity contribution in [1.82, 2.24) is 14.8 Å². The minimum Gasteiger partial charge on any atom is -0.368 e. The van der Waals surface area contributed by atoms with Crippen molar-refractivity contribution in [2.75, 3.05) is 36.0 Å². The van der Waals surface area contributed by atoms with E-state index in [-0.39, 0.29) is 11.4 Å². The van der Waals surface area contributed by atoms with Crippen LogP contribution in [0.3, 0.4) is 0 Å². The largest absolute Gasteiger partial charge is 0.368 e. The molecule has 2 heterocycles. The zero-order chi connectivity index (χ0) is 19.0. The quantitative estimate of drug-likeness (QED) is 0.714. The molecule has 1 N–H and O–H groups in total. The first-order chi connectivity index (χ1) is 13.0. The van der Waals surface area contributed by atoms with Crippen LogP contribution < -0.4 is 15.5 Å². The first-order valence-corrected chi connectivity index (χ1v) is 8.41. The van der Waals surface area contributed by atoms with E-state index in [9.17, 15) is 18.0 Å². The molecule has 0 aliphatic carbocycles. The number of benzene rings is 2. The number of aromatic amines is 1. The Kier molecular flexibility index (Phi) is 4.35. The number of nitrogens with zero attached hydrogens (tertiary/aromatic N) is 4. The van der Waals surface area contributed by atoms with Crippen molar-refractivity contribution in [3.05, 3.63) is 70.7 Å². The van der Waals surface area contributed by atoms with Gasteiger partial charge in [-0.05, 0) is 36.4 Å². The molecule has 0 amide bonds. The third-order valence-electron chi connectivity index (χ3n) is 4.65. The topological polar surface area (TPSA) is 57.2 Å². The van der Waals surface area contributed by atoms with Crippen LogP contribution in [-0.2, 0) is 0 Å². The van der Waals surface area contributed by atoms with Gasteiger partial charge >= 0.3 is 5.69 Å². The van der Waals surface area contributed by atoms with Gasteiger partial charge in [-0.3, -0.25) is 4.98 Å². The Labute approximate surface area is 152 Å². The molecule has 9 heteroatoms. The van der Waals surface area contributed by atoms with Crippen LogP contribution in [0.5, 0.6) is 0 Å². The zero-order valence-electron chi connectivity index (χ0n) is 14.2. The molecule has 1 saturated heterocycles. The number of hydrogen-bond acceptors (Lipinski definition) is 4. The van der Waals surface area contributed by atoms with Crippen LogP contribution in [-0.4, -0.2) is 40.9 Å². The third kappa shape index (κ3) is 3.16. The molecule has 27 heavy (non-hydrogen) atoms. The van der Waals surface area contributed by atoms with Crippen molar-refractivity contribution in [3.63, 3.8) is 0 Å². The van der Waals surface area contributed by atoms with Gasteiger partial charge in [0.15, 0.2) is 17.5 Å². The Morgan fingerprint density at radius 3 is 2.07 bits per heavy atom. The van der Waals surface area contributed by atoms with E-state index in [0.29, 0.717) is 31.9 Å². The fourth-order valence-corrected chi connectivity index (χ4v) is 3.21. The monoisotopic (exact) mass is 375 g/mol. The van der Waals surface area contributed by atoms with Crippen LogP contribution in [0.1, 0.15) is 0 Å². The van der Waals surface area contributed by atoms with Gasteiger partial charge in [0.2, 0.25) is 0 Å². The summed E-state index contributed by atoms with van der Waals surface area (Å²) in [5, 5.41) is 3.93. The number of rotatable bonds is 3. The highest BCUT2D eigenvalue weighted by Gasteiger charge is 2.22. The number of anilines is 2. The van der Waals surface area contributed by atoms with Gasteiger partial charge in [0.25, 0.3) is 0 Å². The van der Waals surface area contributed by atoms with Gasteiger partial charge in [-0.15, -0.1) is 0 Å². The van der Waals surface area contributed by atoms with Crippen molar-refractivity contribution in [2.24, 2.45) is 0 Å². The van der Waals surface area contributed by atoms with E-state index in [1.54, 1.807) is 17.0 Å². The summed E-state index contributed by atoms with van der Waals surface area (Å²) in [4.78, 5) is 17.9. The van der Waals surface area contributed by atoms with Gasteiger partial charge in [0, 0.05) is 31.9 Å². The average Bonchev–Trinajstić information content (AvgIpc) is 3.13. The van der Waals surface area contributed by atoms with Crippen LogP contribution in [0, 0.1) is 17.5 Å². The predicted molar refractivity (Wildman–Crippen MR) is 94.9 cm³/mol. The van der Waals surface area contributed by atoms with E-state index in [4.69, 9.17) is 0 Å². The van der Waals surface area contributed by atoms with Crippen LogP contribution in [0.4, 0.5) is 24.5 Å². The molecule has 1 aliphatic rings. The van der Waals surface area contributed by atoms with Crippen LogP contribution in [0.15, 0.2) is 47.5 Å². The molecule has 6 nitrogen and oxygen atoms in total. The van der Waals surface area contributed by atoms with Gasteiger partial charge in [-0.2, -0.15) is 9.78 Å². The highest BCUT2D eigenvalue weighted by Crippen LogP contribution is 2.26.